The van der Waals surface area contributed by atoms with Gasteiger partial charge in [-0.05, 0) is 19.2 Å². The van der Waals surface area contributed by atoms with Gasteiger partial charge in [0.1, 0.15) is 11.6 Å². The van der Waals surface area contributed by atoms with Crippen LogP contribution < -0.4 is 5.73 Å². The van der Waals surface area contributed by atoms with E-state index in [0.717, 1.165) is 10.9 Å². The molecule has 0 fully saturated rings. The number of nitrogen functional groups attached to an aromatic ring is 1. The lowest BCUT2D eigenvalue weighted by molar-refractivity contribution is 0.0396. The van der Waals surface area contributed by atoms with E-state index in [9.17, 15) is 10.2 Å². The Bertz CT molecular complexity index is 614. The van der Waals surface area contributed by atoms with Crippen molar-refractivity contribution in [2.45, 2.75) is 13.5 Å². The highest BCUT2D eigenvalue weighted by molar-refractivity contribution is 5.87. The van der Waals surface area contributed by atoms with Gasteiger partial charge < -0.3 is 15.9 Å². The number of para-hydroxylation sites is 1. The lowest BCUT2D eigenvalue weighted by Crippen LogP contribution is -2.39. The zero-order chi connectivity index (χ0) is 15.5. The number of anilines is 1. The molecular weight excluding hydrogens is 268 g/mol. The molecule has 114 valence electrons. The Kier molecular flexibility index (Phi) is 4.72. The van der Waals surface area contributed by atoms with E-state index >= 15 is 0 Å². The first-order chi connectivity index (χ1) is 9.97. The summed E-state index contributed by atoms with van der Waals surface area (Å²) in [5, 5.41) is 19.5. The lowest BCUT2D eigenvalue weighted by Gasteiger charge is -2.29. The van der Waals surface area contributed by atoms with E-state index in [-0.39, 0.29) is 13.2 Å². The fourth-order valence-corrected chi connectivity index (χ4v) is 2.32. The summed E-state index contributed by atoms with van der Waals surface area (Å²) in [5.41, 5.74) is 6.24. The smallest absolute Gasteiger partial charge is 0.145 e. The van der Waals surface area contributed by atoms with Crippen molar-refractivity contribution in [1.82, 2.24) is 14.9 Å². The van der Waals surface area contributed by atoms with Gasteiger partial charge in [0.2, 0.25) is 0 Å². The molecule has 0 spiro atoms. The molecule has 0 saturated carbocycles. The predicted molar refractivity (Wildman–Crippen MR) is 82.6 cm³/mol. The van der Waals surface area contributed by atoms with Crippen LogP contribution in [0.2, 0.25) is 0 Å². The highest BCUT2D eigenvalue weighted by atomic mass is 16.3. The second kappa shape index (κ2) is 6.34. The van der Waals surface area contributed by atoms with E-state index in [1.165, 1.54) is 0 Å². The average molecular weight is 290 g/mol. The summed E-state index contributed by atoms with van der Waals surface area (Å²) in [4.78, 5) is 10.8. The fourth-order valence-electron chi connectivity index (χ4n) is 2.32. The van der Waals surface area contributed by atoms with Crippen molar-refractivity contribution in [3.63, 3.8) is 0 Å². The third kappa shape index (κ3) is 3.66. The molecule has 0 unspecified atom stereocenters. The number of nitrogens with two attached hydrogens (primary N) is 1. The highest BCUT2D eigenvalue weighted by Crippen LogP contribution is 2.19. The summed E-state index contributed by atoms with van der Waals surface area (Å²) < 4.78 is 0. The Morgan fingerprint density at radius 1 is 1.19 bits per heavy atom. The first kappa shape index (κ1) is 15.6. The molecule has 0 saturated heterocycles. The van der Waals surface area contributed by atoms with Crippen LogP contribution in [0, 0.1) is 5.41 Å². The number of hydrogen-bond acceptors (Lipinski definition) is 6. The largest absolute Gasteiger partial charge is 0.396 e. The predicted octanol–water partition coefficient (Wildman–Crippen LogP) is 0.635. The van der Waals surface area contributed by atoms with Crippen molar-refractivity contribution < 1.29 is 10.2 Å². The van der Waals surface area contributed by atoms with Gasteiger partial charge in [0.25, 0.3) is 0 Å². The molecule has 0 aliphatic rings. The maximum atomic E-state index is 9.35. The number of nitrogens with zero attached hydrogens (tertiary/aromatic N) is 3. The number of benzene rings is 1. The van der Waals surface area contributed by atoms with Crippen molar-refractivity contribution in [2.24, 2.45) is 5.41 Å². The molecule has 0 bridgehead atoms. The van der Waals surface area contributed by atoms with Crippen LogP contribution in [0.3, 0.4) is 0 Å². The molecule has 2 rings (SSSR count). The molecule has 0 atom stereocenters. The summed E-state index contributed by atoms with van der Waals surface area (Å²) in [6.07, 6.45) is 0. The van der Waals surface area contributed by atoms with Gasteiger partial charge in [-0.3, -0.25) is 4.90 Å². The number of aliphatic hydroxyl groups excluding tert-OH is 2. The molecule has 1 heterocycles. The first-order valence-corrected chi connectivity index (χ1v) is 6.89. The molecule has 6 nitrogen and oxygen atoms in total. The number of hydrogen-bond donors (Lipinski definition) is 3. The Hall–Kier alpha value is -1.76. The van der Waals surface area contributed by atoms with Gasteiger partial charge in [-0.1, -0.05) is 19.1 Å². The van der Waals surface area contributed by atoms with Gasteiger partial charge in [0.15, 0.2) is 0 Å². The second-order valence-electron chi connectivity index (χ2n) is 5.84. The van der Waals surface area contributed by atoms with Crippen LogP contribution >= 0.6 is 0 Å². The van der Waals surface area contributed by atoms with Crippen LogP contribution in [-0.4, -0.2) is 51.9 Å². The summed E-state index contributed by atoms with van der Waals surface area (Å²) in [7, 11) is 1.90. The Morgan fingerprint density at radius 3 is 2.52 bits per heavy atom. The highest BCUT2D eigenvalue weighted by Gasteiger charge is 2.24. The minimum Gasteiger partial charge on any atom is -0.396 e. The first-order valence-electron chi connectivity index (χ1n) is 6.89. The van der Waals surface area contributed by atoms with E-state index < -0.39 is 5.41 Å². The molecule has 2 aromatic rings. The van der Waals surface area contributed by atoms with Crippen molar-refractivity contribution in [2.75, 3.05) is 32.5 Å². The third-order valence-corrected chi connectivity index (χ3v) is 3.51. The van der Waals surface area contributed by atoms with E-state index in [1.54, 1.807) is 0 Å². The minimum atomic E-state index is -0.545. The number of fused-ring (bicyclic) bond motifs is 1. The molecule has 0 radical (unpaired) electrons. The average Bonchev–Trinajstić information content (AvgIpc) is 2.47. The van der Waals surface area contributed by atoms with Crippen LogP contribution in [0.4, 0.5) is 5.82 Å². The molecule has 0 amide bonds. The Labute approximate surface area is 124 Å². The number of rotatable bonds is 6. The zero-order valence-corrected chi connectivity index (χ0v) is 12.5. The lowest BCUT2D eigenvalue weighted by atomic mass is 9.92. The Morgan fingerprint density at radius 2 is 1.86 bits per heavy atom. The summed E-state index contributed by atoms with van der Waals surface area (Å²) in [6.45, 7) is 2.73. The monoisotopic (exact) mass is 290 g/mol. The molecular formula is C15H22N4O2. The molecule has 1 aromatic heterocycles. The number of aliphatic hydroxyl groups is 2. The maximum Gasteiger partial charge on any atom is 0.145 e. The van der Waals surface area contributed by atoms with E-state index in [0.29, 0.717) is 24.7 Å². The topological polar surface area (TPSA) is 95.5 Å². The van der Waals surface area contributed by atoms with Crippen molar-refractivity contribution in [3.8, 4) is 0 Å². The molecule has 1 aromatic carbocycles. The fraction of sp³-hybridized carbons (Fsp3) is 0.467. The minimum absolute atomic E-state index is 0.0748. The molecule has 0 aliphatic carbocycles. The van der Waals surface area contributed by atoms with Gasteiger partial charge in [0.05, 0.1) is 25.3 Å². The van der Waals surface area contributed by atoms with Crippen LogP contribution in [-0.2, 0) is 6.54 Å². The second-order valence-corrected chi connectivity index (χ2v) is 5.84. The van der Waals surface area contributed by atoms with Gasteiger partial charge in [0, 0.05) is 17.3 Å². The standard InChI is InChI=1S/C15H22N4O2/c1-15(9-20,10-21)8-19(2)7-13-17-12-6-4-3-5-11(12)14(16)18-13/h3-6,20-21H,7-10H2,1-2H3,(H2,16,17,18). The van der Waals surface area contributed by atoms with Crippen molar-refractivity contribution in [1.29, 1.82) is 0 Å². The summed E-state index contributed by atoms with van der Waals surface area (Å²) >= 11 is 0. The van der Waals surface area contributed by atoms with E-state index in [1.807, 2.05) is 43.1 Å². The van der Waals surface area contributed by atoms with Crippen LogP contribution in [0.15, 0.2) is 24.3 Å². The molecule has 6 heteroatoms. The normalized spacial score (nSPS) is 12.2. The van der Waals surface area contributed by atoms with Crippen molar-refractivity contribution in [3.05, 3.63) is 30.1 Å². The quantitative estimate of drug-likeness (QED) is 0.722. The van der Waals surface area contributed by atoms with E-state index in [4.69, 9.17) is 5.73 Å². The van der Waals surface area contributed by atoms with Gasteiger partial charge >= 0.3 is 0 Å². The summed E-state index contributed by atoms with van der Waals surface area (Å²) in [6, 6.07) is 7.62. The van der Waals surface area contributed by atoms with Gasteiger partial charge in [-0.2, -0.15) is 0 Å². The maximum absolute atomic E-state index is 9.35. The van der Waals surface area contributed by atoms with E-state index in [2.05, 4.69) is 9.97 Å². The van der Waals surface area contributed by atoms with Crippen LogP contribution in [0.25, 0.3) is 10.9 Å². The number of aromatic nitrogens is 2. The van der Waals surface area contributed by atoms with Crippen LogP contribution in [0.5, 0.6) is 0 Å². The van der Waals surface area contributed by atoms with Gasteiger partial charge in [-0.25, -0.2) is 9.97 Å². The van der Waals surface area contributed by atoms with Crippen LogP contribution in [0.1, 0.15) is 12.7 Å². The third-order valence-electron chi connectivity index (χ3n) is 3.51. The molecule has 21 heavy (non-hydrogen) atoms. The van der Waals surface area contributed by atoms with Crippen molar-refractivity contribution >= 4 is 16.7 Å². The summed E-state index contributed by atoms with van der Waals surface area (Å²) in [5.74, 6) is 1.10. The molecule has 0 aliphatic heterocycles. The SMILES string of the molecule is CN(Cc1nc(N)c2ccccc2n1)CC(C)(CO)CO. The Balaban J connectivity index is 2.16. The molecule has 4 N–H and O–H groups in total. The zero-order valence-electron chi connectivity index (χ0n) is 12.5. The van der Waals surface area contributed by atoms with Gasteiger partial charge in [-0.15, -0.1) is 0 Å².